The highest BCUT2D eigenvalue weighted by Crippen LogP contribution is 2.19. The molecule has 0 amide bonds. The van der Waals surface area contributed by atoms with Crippen LogP contribution in [0.25, 0.3) is 0 Å². The zero-order valence-electron chi connectivity index (χ0n) is 13.4. The van der Waals surface area contributed by atoms with Gasteiger partial charge in [0.25, 0.3) is 0 Å². The molecular formula is C20H26N2. The Bertz CT molecular complexity index is 552. The summed E-state index contributed by atoms with van der Waals surface area (Å²) < 4.78 is 0. The topological polar surface area (TPSA) is 15.3 Å². The number of benzene rings is 2. The summed E-state index contributed by atoms with van der Waals surface area (Å²) in [7, 11) is 0. The van der Waals surface area contributed by atoms with E-state index in [9.17, 15) is 0 Å². The summed E-state index contributed by atoms with van der Waals surface area (Å²) >= 11 is 0. The molecule has 0 saturated carbocycles. The van der Waals surface area contributed by atoms with E-state index >= 15 is 0 Å². The zero-order valence-corrected chi connectivity index (χ0v) is 13.4. The average Bonchev–Trinajstić information content (AvgIpc) is 2.56. The molecule has 2 aromatic carbocycles. The Morgan fingerprint density at radius 2 is 1.59 bits per heavy atom. The van der Waals surface area contributed by atoms with Gasteiger partial charge in [-0.25, -0.2) is 0 Å². The number of nitrogens with one attached hydrogen (secondary N) is 1. The van der Waals surface area contributed by atoms with Crippen molar-refractivity contribution in [2.45, 2.75) is 32.5 Å². The van der Waals surface area contributed by atoms with E-state index in [4.69, 9.17) is 0 Å². The van der Waals surface area contributed by atoms with E-state index in [1.807, 2.05) is 0 Å². The molecule has 0 spiro atoms. The Hall–Kier alpha value is -1.64. The first-order chi connectivity index (χ1) is 10.8. The summed E-state index contributed by atoms with van der Waals surface area (Å²) in [5.74, 6) is 0.696. The fraction of sp³-hybridized carbons (Fsp3) is 0.400. The van der Waals surface area contributed by atoms with Gasteiger partial charge in [0.15, 0.2) is 0 Å². The van der Waals surface area contributed by atoms with E-state index in [1.165, 1.54) is 30.6 Å². The third-order valence-electron chi connectivity index (χ3n) is 4.65. The number of hydrogen-bond donors (Lipinski definition) is 1. The van der Waals surface area contributed by atoms with Crippen molar-refractivity contribution in [2.24, 2.45) is 5.92 Å². The van der Waals surface area contributed by atoms with Crippen LogP contribution < -0.4 is 5.32 Å². The predicted octanol–water partition coefficient (Wildman–Crippen LogP) is 3.69. The molecule has 116 valence electrons. The maximum absolute atomic E-state index is 3.75. The summed E-state index contributed by atoms with van der Waals surface area (Å²) in [5, 5.41) is 3.75. The van der Waals surface area contributed by atoms with E-state index in [0.29, 0.717) is 12.0 Å². The van der Waals surface area contributed by atoms with Crippen LogP contribution in [0.3, 0.4) is 0 Å². The summed E-state index contributed by atoms with van der Waals surface area (Å²) in [6, 6.07) is 22.1. The molecule has 0 aliphatic carbocycles. The molecule has 0 unspecified atom stereocenters. The van der Waals surface area contributed by atoms with Crippen molar-refractivity contribution in [1.82, 2.24) is 10.2 Å². The molecule has 1 fully saturated rings. The van der Waals surface area contributed by atoms with Crippen LogP contribution in [0.5, 0.6) is 0 Å². The average molecular weight is 294 g/mol. The fourth-order valence-electron chi connectivity index (χ4n) is 3.37. The summed E-state index contributed by atoms with van der Waals surface area (Å²) in [6.07, 6.45) is 1.24. The van der Waals surface area contributed by atoms with E-state index < -0.39 is 0 Å². The second kappa shape index (κ2) is 7.57. The highest BCUT2D eigenvalue weighted by atomic mass is 15.1. The van der Waals surface area contributed by atoms with Crippen LogP contribution in [0, 0.1) is 5.92 Å². The van der Waals surface area contributed by atoms with Crippen LogP contribution in [0.1, 0.15) is 24.5 Å². The van der Waals surface area contributed by atoms with E-state index in [2.05, 4.69) is 77.8 Å². The van der Waals surface area contributed by atoms with Gasteiger partial charge in [-0.3, -0.25) is 4.90 Å². The molecule has 1 aliphatic rings. The minimum Gasteiger partial charge on any atom is -0.310 e. The summed E-state index contributed by atoms with van der Waals surface area (Å²) in [5.41, 5.74) is 2.80. The van der Waals surface area contributed by atoms with Crippen molar-refractivity contribution in [3.05, 3.63) is 71.8 Å². The maximum atomic E-state index is 3.75. The predicted molar refractivity (Wildman–Crippen MR) is 92.6 cm³/mol. The van der Waals surface area contributed by atoms with Crippen molar-refractivity contribution < 1.29 is 0 Å². The van der Waals surface area contributed by atoms with Gasteiger partial charge in [-0.2, -0.15) is 0 Å². The molecule has 1 saturated heterocycles. The van der Waals surface area contributed by atoms with Gasteiger partial charge in [0.2, 0.25) is 0 Å². The van der Waals surface area contributed by atoms with Crippen molar-refractivity contribution in [2.75, 3.05) is 13.1 Å². The summed E-state index contributed by atoms with van der Waals surface area (Å²) in [4.78, 5) is 2.58. The minimum atomic E-state index is 0.632. The molecule has 1 aliphatic heterocycles. The maximum Gasteiger partial charge on any atom is 0.0233 e. The molecule has 3 rings (SSSR count). The van der Waals surface area contributed by atoms with Crippen molar-refractivity contribution in [1.29, 1.82) is 0 Å². The monoisotopic (exact) mass is 294 g/mol. The largest absolute Gasteiger partial charge is 0.310 e. The Kier molecular flexibility index (Phi) is 5.25. The Morgan fingerprint density at radius 1 is 0.955 bits per heavy atom. The minimum absolute atomic E-state index is 0.632. The number of rotatable bonds is 5. The highest BCUT2D eigenvalue weighted by molar-refractivity contribution is 5.15. The normalized spacial score (nSPS) is 22.6. The van der Waals surface area contributed by atoms with Gasteiger partial charge in [0, 0.05) is 25.7 Å². The molecule has 2 heteroatoms. The number of hydrogen-bond acceptors (Lipinski definition) is 2. The van der Waals surface area contributed by atoms with Crippen LogP contribution in [-0.4, -0.2) is 24.0 Å². The van der Waals surface area contributed by atoms with Gasteiger partial charge < -0.3 is 5.32 Å². The van der Waals surface area contributed by atoms with Crippen molar-refractivity contribution >= 4 is 0 Å². The van der Waals surface area contributed by atoms with Gasteiger partial charge in [-0.15, -0.1) is 0 Å². The van der Waals surface area contributed by atoms with E-state index in [0.717, 1.165) is 13.1 Å². The smallest absolute Gasteiger partial charge is 0.0233 e. The lowest BCUT2D eigenvalue weighted by atomic mass is 9.93. The quantitative estimate of drug-likeness (QED) is 0.905. The van der Waals surface area contributed by atoms with E-state index in [1.54, 1.807) is 0 Å². The van der Waals surface area contributed by atoms with Crippen molar-refractivity contribution in [3.63, 3.8) is 0 Å². The second-order valence-corrected chi connectivity index (χ2v) is 6.46. The molecule has 2 nitrogen and oxygen atoms in total. The lowest BCUT2D eigenvalue weighted by Gasteiger charge is -2.37. The molecule has 0 bridgehead atoms. The van der Waals surface area contributed by atoms with Crippen LogP contribution in [0.4, 0.5) is 0 Å². The number of piperidine rings is 1. The van der Waals surface area contributed by atoms with Gasteiger partial charge in [0.05, 0.1) is 0 Å². The number of nitrogens with zero attached hydrogens (tertiary/aromatic N) is 1. The molecule has 2 aromatic rings. The molecule has 1 heterocycles. The third kappa shape index (κ3) is 4.19. The molecule has 22 heavy (non-hydrogen) atoms. The zero-order chi connectivity index (χ0) is 15.2. The van der Waals surface area contributed by atoms with Crippen LogP contribution >= 0.6 is 0 Å². The Balaban J connectivity index is 1.48. The Morgan fingerprint density at radius 3 is 2.23 bits per heavy atom. The lowest BCUT2D eigenvalue weighted by Crippen LogP contribution is -2.47. The van der Waals surface area contributed by atoms with Crippen molar-refractivity contribution in [3.8, 4) is 0 Å². The molecule has 2 atom stereocenters. The first kappa shape index (κ1) is 15.3. The summed E-state index contributed by atoms with van der Waals surface area (Å²) in [6.45, 7) is 6.80. The van der Waals surface area contributed by atoms with Crippen LogP contribution in [0.2, 0.25) is 0 Å². The standard InChI is InChI=1S/C20H26N2/c1-17-15-22(16-19-10-6-3-7-11-19)13-12-20(17)21-14-18-8-4-2-5-9-18/h2-11,17,20-21H,12-16H2,1H3/t17-,20-/m0/s1. The molecule has 0 aromatic heterocycles. The van der Waals surface area contributed by atoms with Gasteiger partial charge in [-0.1, -0.05) is 67.6 Å². The van der Waals surface area contributed by atoms with Crippen LogP contribution in [-0.2, 0) is 13.1 Å². The Labute approximate surface area is 134 Å². The first-order valence-corrected chi connectivity index (χ1v) is 8.35. The first-order valence-electron chi connectivity index (χ1n) is 8.35. The molecule has 1 N–H and O–H groups in total. The van der Waals surface area contributed by atoms with Gasteiger partial charge >= 0.3 is 0 Å². The van der Waals surface area contributed by atoms with E-state index in [-0.39, 0.29) is 0 Å². The number of likely N-dealkylation sites (tertiary alicyclic amines) is 1. The fourth-order valence-corrected chi connectivity index (χ4v) is 3.37. The molecular weight excluding hydrogens is 268 g/mol. The van der Waals surface area contributed by atoms with Crippen LogP contribution in [0.15, 0.2) is 60.7 Å². The SMILES string of the molecule is C[C@H]1CN(Cc2ccccc2)CC[C@@H]1NCc1ccccc1. The third-order valence-corrected chi connectivity index (χ3v) is 4.65. The lowest BCUT2D eigenvalue weighted by molar-refractivity contribution is 0.140. The second-order valence-electron chi connectivity index (χ2n) is 6.46. The molecule has 0 radical (unpaired) electrons. The van der Waals surface area contributed by atoms with Gasteiger partial charge in [0.1, 0.15) is 0 Å². The van der Waals surface area contributed by atoms with Gasteiger partial charge in [-0.05, 0) is 30.0 Å². The highest BCUT2D eigenvalue weighted by Gasteiger charge is 2.25.